The average molecular weight is 271 g/mol. The van der Waals surface area contributed by atoms with Crippen molar-refractivity contribution in [2.75, 3.05) is 34.2 Å². The molecule has 0 heterocycles. The van der Waals surface area contributed by atoms with Crippen LogP contribution < -0.4 is 5.73 Å². The quantitative estimate of drug-likeness (QED) is 0.689. The van der Waals surface area contributed by atoms with Crippen LogP contribution in [-0.2, 0) is 4.79 Å². The third-order valence-electron chi connectivity index (χ3n) is 4.52. The van der Waals surface area contributed by atoms with E-state index in [4.69, 9.17) is 10.8 Å². The lowest BCUT2D eigenvalue weighted by Crippen LogP contribution is -2.56. The van der Waals surface area contributed by atoms with Crippen LogP contribution in [0.4, 0.5) is 0 Å². The first-order valence-corrected chi connectivity index (χ1v) is 7.08. The minimum absolute atomic E-state index is 0.327. The lowest BCUT2D eigenvalue weighted by Gasteiger charge is -2.49. The Kier molecular flexibility index (Phi) is 5.35. The van der Waals surface area contributed by atoms with Crippen molar-refractivity contribution in [3.8, 4) is 0 Å². The molecule has 1 aliphatic rings. The van der Waals surface area contributed by atoms with E-state index in [9.17, 15) is 4.79 Å². The Bertz CT molecular complexity index is 312. The molecule has 0 aromatic carbocycles. The predicted molar refractivity (Wildman–Crippen MR) is 77.2 cm³/mol. The molecule has 0 bridgehead atoms. The summed E-state index contributed by atoms with van der Waals surface area (Å²) in [6, 6.07) is 0. The van der Waals surface area contributed by atoms with Crippen LogP contribution in [0.25, 0.3) is 0 Å². The number of carboxylic acids is 1. The van der Waals surface area contributed by atoms with Gasteiger partial charge in [-0.05, 0) is 66.7 Å². The monoisotopic (exact) mass is 271 g/mol. The molecule has 0 aromatic rings. The summed E-state index contributed by atoms with van der Waals surface area (Å²) < 4.78 is 0. The maximum atomic E-state index is 10.9. The van der Waals surface area contributed by atoms with Crippen LogP contribution in [0.5, 0.6) is 0 Å². The van der Waals surface area contributed by atoms with Gasteiger partial charge in [0.25, 0.3) is 0 Å². The van der Waals surface area contributed by atoms with Crippen molar-refractivity contribution in [2.24, 2.45) is 5.73 Å². The van der Waals surface area contributed by atoms with Gasteiger partial charge in [-0.3, -0.25) is 4.79 Å². The zero-order valence-corrected chi connectivity index (χ0v) is 12.8. The molecule has 1 aliphatic carbocycles. The molecule has 1 fully saturated rings. The molecule has 0 aromatic heterocycles. The van der Waals surface area contributed by atoms with E-state index in [2.05, 4.69) is 30.9 Å². The van der Waals surface area contributed by atoms with Crippen LogP contribution in [0, 0.1) is 0 Å². The third kappa shape index (κ3) is 4.16. The molecular formula is C14H29N3O2. The maximum Gasteiger partial charge on any atom is 0.323 e. The number of hydrogen-bond donors (Lipinski definition) is 2. The Hall–Kier alpha value is -0.650. The van der Waals surface area contributed by atoms with Gasteiger partial charge in [-0.15, -0.1) is 0 Å². The van der Waals surface area contributed by atoms with Gasteiger partial charge < -0.3 is 20.6 Å². The number of nitrogens with zero attached hydrogens (tertiary/aromatic N) is 2. The van der Waals surface area contributed by atoms with E-state index >= 15 is 0 Å². The van der Waals surface area contributed by atoms with E-state index in [1.807, 2.05) is 0 Å². The summed E-state index contributed by atoms with van der Waals surface area (Å²) in [5.41, 5.74) is 4.96. The summed E-state index contributed by atoms with van der Waals surface area (Å²) in [6.45, 7) is 3.53. The Labute approximate surface area is 116 Å². The first kappa shape index (κ1) is 16.4. The van der Waals surface area contributed by atoms with Gasteiger partial charge in [0.1, 0.15) is 5.54 Å². The van der Waals surface area contributed by atoms with Crippen molar-refractivity contribution in [3.63, 3.8) is 0 Å². The van der Waals surface area contributed by atoms with E-state index in [0.717, 1.165) is 19.5 Å². The van der Waals surface area contributed by atoms with E-state index in [0.29, 0.717) is 12.0 Å². The zero-order valence-electron chi connectivity index (χ0n) is 12.8. The second kappa shape index (κ2) is 6.20. The molecular weight excluding hydrogens is 242 g/mol. The van der Waals surface area contributed by atoms with Crippen molar-refractivity contribution in [3.05, 3.63) is 0 Å². The van der Waals surface area contributed by atoms with Crippen molar-refractivity contribution in [2.45, 2.75) is 50.1 Å². The number of nitrogens with two attached hydrogens (primary N) is 1. The largest absolute Gasteiger partial charge is 0.480 e. The van der Waals surface area contributed by atoms with Gasteiger partial charge in [0, 0.05) is 12.1 Å². The number of carbonyl (C=O) groups is 1. The van der Waals surface area contributed by atoms with Gasteiger partial charge >= 0.3 is 5.97 Å². The molecule has 1 unspecified atom stereocenters. The highest BCUT2D eigenvalue weighted by Gasteiger charge is 2.39. The predicted octanol–water partition coefficient (Wildman–Crippen LogP) is 0.985. The summed E-state index contributed by atoms with van der Waals surface area (Å²) in [4.78, 5) is 15.6. The number of aliphatic carboxylic acids is 1. The fraction of sp³-hybridized carbons (Fsp3) is 0.929. The number of carboxylic acid groups (broad SMARTS) is 1. The molecule has 19 heavy (non-hydrogen) atoms. The molecule has 0 aliphatic heterocycles. The molecule has 0 spiro atoms. The first-order valence-electron chi connectivity index (χ1n) is 7.08. The molecule has 5 heteroatoms. The van der Waals surface area contributed by atoms with Gasteiger partial charge in [0.05, 0.1) is 0 Å². The normalized spacial score (nSPS) is 21.2. The first-order chi connectivity index (χ1) is 8.69. The van der Waals surface area contributed by atoms with Gasteiger partial charge in [-0.1, -0.05) is 0 Å². The summed E-state index contributed by atoms with van der Waals surface area (Å²) in [5.74, 6) is -0.918. The minimum atomic E-state index is -1.10. The molecule has 3 N–H and O–H groups in total. The standard InChI is InChI=1S/C14H29N3O2/c1-13(15,12(18)19)7-6-10-17(4)11-14(16(2)3)8-5-9-14/h5-11,15H2,1-4H3,(H,18,19). The molecule has 112 valence electrons. The molecule has 1 rings (SSSR count). The Morgan fingerprint density at radius 2 is 1.95 bits per heavy atom. The second-order valence-corrected chi connectivity index (χ2v) is 6.54. The van der Waals surface area contributed by atoms with Crippen LogP contribution in [-0.4, -0.2) is 66.2 Å². The summed E-state index contributed by atoms with van der Waals surface area (Å²) in [5, 5.41) is 8.97. The molecule has 0 radical (unpaired) electrons. The molecule has 1 atom stereocenters. The zero-order chi connectivity index (χ0) is 14.7. The number of rotatable bonds is 8. The highest BCUT2D eigenvalue weighted by atomic mass is 16.4. The Morgan fingerprint density at radius 3 is 2.32 bits per heavy atom. The Morgan fingerprint density at radius 1 is 1.37 bits per heavy atom. The van der Waals surface area contributed by atoms with Gasteiger partial charge in [-0.2, -0.15) is 0 Å². The Balaban J connectivity index is 2.32. The summed E-state index contributed by atoms with van der Waals surface area (Å²) >= 11 is 0. The maximum absolute atomic E-state index is 10.9. The van der Waals surface area contributed by atoms with Crippen molar-refractivity contribution >= 4 is 5.97 Å². The lowest BCUT2D eigenvalue weighted by molar-refractivity contribution is -0.143. The van der Waals surface area contributed by atoms with Crippen molar-refractivity contribution in [1.29, 1.82) is 0 Å². The molecule has 0 amide bonds. The summed E-state index contributed by atoms with van der Waals surface area (Å²) in [7, 11) is 6.40. The van der Waals surface area contributed by atoms with Crippen molar-refractivity contribution in [1.82, 2.24) is 9.80 Å². The van der Waals surface area contributed by atoms with Crippen LogP contribution in [0.1, 0.15) is 39.0 Å². The molecule has 5 nitrogen and oxygen atoms in total. The smallest absolute Gasteiger partial charge is 0.323 e. The van der Waals surface area contributed by atoms with E-state index in [-0.39, 0.29) is 0 Å². The van der Waals surface area contributed by atoms with E-state index < -0.39 is 11.5 Å². The molecule has 1 saturated carbocycles. The molecule has 0 saturated heterocycles. The highest BCUT2D eigenvalue weighted by Crippen LogP contribution is 2.36. The van der Waals surface area contributed by atoms with E-state index in [1.165, 1.54) is 19.3 Å². The number of hydrogen-bond acceptors (Lipinski definition) is 4. The van der Waals surface area contributed by atoms with Gasteiger partial charge in [0.15, 0.2) is 0 Å². The van der Waals surface area contributed by atoms with E-state index in [1.54, 1.807) is 6.92 Å². The number of likely N-dealkylation sites (N-methyl/N-ethyl adjacent to an activating group) is 2. The van der Waals surface area contributed by atoms with Gasteiger partial charge in [0.2, 0.25) is 0 Å². The average Bonchev–Trinajstić information content (AvgIpc) is 2.22. The lowest BCUT2D eigenvalue weighted by atomic mass is 9.75. The summed E-state index contributed by atoms with van der Waals surface area (Å²) in [6.07, 6.45) is 5.16. The fourth-order valence-electron chi connectivity index (χ4n) is 2.74. The topological polar surface area (TPSA) is 69.8 Å². The van der Waals surface area contributed by atoms with Gasteiger partial charge in [-0.25, -0.2) is 0 Å². The van der Waals surface area contributed by atoms with Crippen molar-refractivity contribution < 1.29 is 9.90 Å². The van der Waals surface area contributed by atoms with Crippen LogP contribution in [0.2, 0.25) is 0 Å². The van der Waals surface area contributed by atoms with Crippen LogP contribution in [0.3, 0.4) is 0 Å². The minimum Gasteiger partial charge on any atom is -0.480 e. The fourth-order valence-corrected chi connectivity index (χ4v) is 2.74. The van der Waals surface area contributed by atoms with Crippen LogP contribution >= 0.6 is 0 Å². The third-order valence-corrected chi connectivity index (χ3v) is 4.52. The highest BCUT2D eigenvalue weighted by molar-refractivity contribution is 5.77. The SMILES string of the molecule is CN(CCCC(C)(N)C(=O)O)CC1(N(C)C)CCC1. The van der Waals surface area contributed by atoms with Crippen LogP contribution in [0.15, 0.2) is 0 Å². The second-order valence-electron chi connectivity index (χ2n) is 6.54.